The molecule has 0 bridgehead atoms. The molecule has 1 saturated carbocycles. The molecule has 37 heavy (non-hydrogen) atoms. The number of anilines is 2. The van der Waals surface area contributed by atoms with E-state index in [-0.39, 0.29) is 18.1 Å². The maximum atomic E-state index is 10.9. The van der Waals surface area contributed by atoms with Crippen LogP contribution >= 0.6 is 0 Å². The number of hydrogen-bond donors (Lipinski definition) is 2. The minimum Gasteiger partial charge on any atom is -0.489 e. The summed E-state index contributed by atoms with van der Waals surface area (Å²) in [7, 11) is 0. The number of carbonyl (C=O) groups is 1. The smallest absolute Gasteiger partial charge is 0.223 e. The van der Waals surface area contributed by atoms with Gasteiger partial charge in [0, 0.05) is 31.4 Å². The maximum Gasteiger partial charge on any atom is 0.223 e. The first-order chi connectivity index (χ1) is 18.1. The van der Waals surface area contributed by atoms with Crippen molar-refractivity contribution in [3.8, 4) is 11.6 Å². The second-order valence-electron chi connectivity index (χ2n) is 9.42. The number of benzene rings is 1. The topological polar surface area (TPSA) is 111 Å². The first kappa shape index (κ1) is 25.0. The first-order valence-corrected chi connectivity index (χ1v) is 13.0. The van der Waals surface area contributed by atoms with E-state index < -0.39 is 0 Å². The Bertz CT molecular complexity index is 1180. The van der Waals surface area contributed by atoms with Gasteiger partial charge in [-0.2, -0.15) is 4.98 Å². The van der Waals surface area contributed by atoms with Crippen molar-refractivity contribution in [1.29, 1.82) is 0 Å². The van der Waals surface area contributed by atoms with Crippen LogP contribution in [0.5, 0.6) is 11.6 Å². The number of carbonyl (C=O) groups excluding carboxylic acids is 1. The number of hydrogen-bond acceptors (Lipinski definition) is 9. The third kappa shape index (κ3) is 6.76. The monoisotopic (exact) mass is 506 g/mol. The van der Waals surface area contributed by atoms with Crippen molar-refractivity contribution < 1.29 is 19.0 Å². The minimum atomic E-state index is -0.0781. The molecule has 1 aliphatic heterocycles. The van der Waals surface area contributed by atoms with Gasteiger partial charge in [0.05, 0.1) is 32.2 Å². The molecule has 2 aliphatic rings. The van der Waals surface area contributed by atoms with Gasteiger partial charge in [0.25, 0.3) is 0 Å². The Balaban J connectivity index is 1.14. The van der Waals surface area contributed by atoms with Crippen LogP contribution in [0.3, 0.4) is 0 Å². The van der Waals surface area contributed by atoms with Crippen LogP contribution < -0.4 is 25.0 Å². The summed E-state index contributed by atoms with van der Waals surface area (Å²) >= 11 is 0. The van der Waals surface area contributed by atoms with E-state index in [2.05, 4.69) is 49.8 Å². The fourth-order valence-corrected chi connectivity index (χ4v) is 4.72. The molecule has 10 nitrogen and oxygen atoms in total. The van der Waals surface area contributed by atoms with E-state index in [0.717, 1.165) is 68.6 Å². The predicted octanol–water partition coefficient (Wildman–Crippen LogP) is 3.18. The summed E-state index contributed by atoms with van der Waals surface area (Å²) in [4.78, 5) is 26.9. The molecule has 3 aromatic rings. The standard InChI is InChI=1S/C27H34N6O4/c1-19(34)28-10-13-36-23-17-29-27(30-18-23)31-21-6-8-22(9-7-21)37-26-24-5-3-2-4-20(24)16-25(32-26)33-11-14-35-15-12-33/h2-5,16-18,21-22H,6-15H2,1H3,(H,28,34)(H,29,30,31)/t21-,22+. The van der Waals surface area contributed by atoms with E-state index in [1.807, 2.05) is 6.07 Å². The molecule has 196 valence electrons. The first-order valence-electron chi connectivity index (χ1n) is 13.0. The van der Waals surface area contributed by atoms with Crippen molar-refractivity contribution in [3.05, 3.63) is 42.7 Å². The zero-order valence-corrected chi connectivity index (χ0v) is 21.2. The molecule has 3 heterocycles. The van der Waals surface area contributed by atoms with Gasteiger partial charge in [0.15, 0.2) is 5.75 Å². The molecule has 0 spiro atoms. The average molecular weight is 507 g/mol. The van der Waals surface area contributed by atoms with Crippen molar-refractivity contribution in [2.45, 2.75) is 44.8 Å². The highest BCUT2D eigenvalue weighted by molar-refractivity contribution is 5.89. The summed E-state index contributed by atoms with van der Waals surface area (Å²) in [6, 6.07) is 10.7. The van der Waals surface area contributed by atoms with Crippen molar-refractivity contribution in [3.63, 3.8) is 0 Å². The molecule has 0 radical (unpaired) electrons. The van der Waals surface area contributed by atoms with Gasteiger partial charge in [0.1, 0.15) is 18.5 Å². The molecule has 1 aromatic carbocycles. The number of nitrogens with zero attached hydrogens (tertiary/aromatic N) is 4. The lowest BCUT2D eigenvalue weighted by Gasteiger charge is -2.31. The lowest BCUT2D eigenvalue weighted by molar-refractivity contribution is -0.119. The molecule has 10 heteroatoms. The van der Waals surface area contributed by atoms with Gasteiger partial charge >= 0.3 is 0 Å². The predicted molar refractivity (Wildman–Crippen MR) is 141 cm³/mol. The summed E-state index contributed by atoms with van der Waals surface area (Å²) in [5.41, 5.74) is 0. The van der Waals surface area contributed by atoms with Gasteiger partial charge < -0.3 is 29.7 Å². The van der Waals surface area contributed by atoms with Crippen LogP contribution in [0.1, 0.15) is 32.6 Å². The number of aromatic nitrogens is 3. The van der Waals surface area contributed by atoms with E-state index in [9.17, 15) is 4.79 Å². The van der Waals surface area contributed by atoms with Gasteiger partial charge in [-0.1, -0.05) is 18.2 Å². The number of pyridine rings is 1. The lowest BCUT2D eigenvalue weighted by Crippen LogP contribution is -2.37. The van der Waals surface area contributed by atoms with Crippen LogP contribution in [0.4, 0.5) is 11.8 Å². The number of amides is 1. The zero-order chi connectivity index (χ0) is 25.5. The van der Waals surface area contributed by atoms with Crippen molar-refractivity contribution in [2.24, 2.45) is 0 Å². The summed E-state index contributed by atoms with van der Waals surface area (Å²) in [5.74, 6) is 2.75. The number of ether oxygens (including phenoxy) is 3. The van der Waals surface area contributed by atoms with Gasteiger partial charge in [-0.15, -0.1) is 0 Å². The molecule has 5 rings (SSSR count). The molecule has 2 N–H and O–H groups in total. The Kier molecular flexibility index (Phi) is 8.15. The zero-order valence-electron chi connectivity index (χ0n) is 21.2. The van der Waals surface area contributed by atoms with Crippen LogP contribution in [-0.4, -0.2) is 72.5 Å². The molecule has 1 saturated heterocycles. The van der Waals surface area contributed by atoms with Gasteiger partial charge in [-0.25, -0.2) is 9.97 Å². The van der Waals surface area contributed by atoms with E-state index in [1.165, 1.54) is 6.92 Å². The fraction of sp³-hybridized carbons (Fsp3) is 0.481. The highest BCUT2D eigenvalue weighted by Crippen LogP contribution is 2.32. The summed E-state index contributed by atoms with van der Waals surface area (Å²) in [5, 5.41) is 8.31. The minimum absolute atomic E-state index is 0.0781. The van der Waals surface area contributed by atoms with Crippen LogP contribution in [0.2, 0.25) is 0 Å². The molecule has 1 aliphatic carbocycles. The van der Waals surface area contributed by atoms with Crippen molar-refractivity contribution in [2.75, 3.05) is 49.7 Å². The summed E-state index contributed by atoms with van der Waals surface area (Å²) < 4.78 is 17.6. The molecule has 2 fully saturated rings. The van der Waals surface area contributed by atoms with Crippen molar-refractivity contribution in [1.82, 2.24) is 20.3 Å². The van der Waals surface area contributed by atoms with Crippen LogP contribution in [0.25, 0.3) is 10.8 Å². The second kappa shape index (κ2) is 12.1. The normalized spacial score (nSPS) is 19.9. The Hall–Kier alpha value is -3.66. The Morgan fingerprint density at radius 1 is 1.11 bits per heavy atom. The largest absolute Gasteiger partial charge is 0.489 e. The number of morpholine rings is 1. The van der Waals surface area contributed by atoms with Crippen LogP contribution in [0, 0.1) is 0 Å². The Morgan fingerprint density at radius 2 is 1.86 bits per heavy atom. The third-order valence-corrected chi connectivity index (χ3v) is 6.69. The fourth-order valence-electron chi connectivity index (χ4n) is 4.72. The number of rotatable bonds is 9. The van der Waals surface area contributed by atoms with E-state index in [0.29, 0.717) is 30.7 Å². The van der Waals surface area contributed by atoms with Crippen molar-refractivity contribution >= 4 is 28.4 Å². The van der Waals surface area contributed by atoms with Crippen LogP contribution in [-0.2, 0) is 9.53 Å². The van der Waals surface area contributed by atoms with Gasteiger partial charge in [-0.3, -0.25) is 4.79 Å². The van der Waals surface area contributed by atoms with E-state index in [4.69, 9.17) is 19.2 Å². The van der Waals surface area contributed by atoms with Crippen LogP contribution in [0.15, 0.2) is 42.7 Å². The highest BCUT2D eigenvalue weighted by atomic mass is 16.5. The number of nitrogens with one attached hydrogen (secondary N) is 2. The van der Waals surface area contributed by atoms with E-state index >= 15 is 0 Å². The Morgan fingerprint density at radius 3 is 2.62 bits per heavy atom. The quantitative estimate of drug-likeness (QED) is 0.423. The summed E-state index contributed by atoms with van der Waals surface area (Å²) in [6.45, 7) is 5.43. The SMILES string of the molecule is CC(=O)NCCOc1cnc(N[C@H]2CC[C@@H](Oc3nc(N4CCOCC4)cc4ccccc34)CC2)nc1. The average Bonchev–Trinajstić information content (AvgIpc) is 2.93. The highest BCUT2D eigenvalue weighted by Gasteiger charge is 2.25. The van der Waals surface area contributed by atoms with Gasteiger partial charge in [0.2, 0.25) is 17.7 Å². The Labute approximate surface area is 216 Å². The molecular weight excluding hydrogens is 472 g/mol. The maximum absolute atomic E-state index is 10.9. The summed E-state index contributed by atoms with van der Waals surface area (Å²) in [6.07, 6.45) is 7.20. The molecule has 1 amide bonds. The van der Waals surface area contributed by atoms with Gasteiger partial charge in [-0.05, 0) is 43.2 Å². The molecular formula is C27H34N6O4. The third-order valence-electron chi connectivity index (χ3n) is 6.69. The number of fused-ring (bicyclic) bond motifs is 1. The molecule has 0 atom stereocenters. The second-order valence-corrected chi connectivity index (χ2v) is 9.42. The lowest BCUT2D eigenvalue weighted by atomic mass is 9.93. The van der Waals surface area contributed by atoms with E-state index in [1.54, 1.807) is 12.4 Å². The molecule has 2 aromatic heterocycles. The molecule has 0 unspecified atom stereocenters.